The topological polar surface area (TPSA) is 17.1 Å². The van der Waals surface area contributed by atoms with Crippen molar-refractivity contribution in [2.24, 2.45) is 0 Å². The summed E-state index contributed by atoms with van der Waals surface area (Å²) in [6, 6.07) is 0. The second-order valence-electron chi connectivity index (χ2n) is 1.11. The largest absolute Gasteiger partial charge is 0.303 e. The number of unbranched alkanes of at least 4 members (excludes halogenated alkanes) is 1. The lowest BCUT2D eigenvalue weighted by molar-refractivity contribution is -0.107. The van der Waals surface area contributed by atoms with E-state index in [0.29, 0.717) is 6.42 Å². The van der Waals surface area contributed by atoms with Crippen LogP contribution in [0.4, 0.5) is 0 Å². The Hall–Kier alpha value is -0.300. The first-order chi connectivity index (χ1) is 3.41. The summed E-state index contributed by atoms with van der Waals surface area (Å²) in [5.41, 5.74) is 1.42. The van der Waals surface area contributed by atoms with E-state index in [1.165, 1.54) is 5.54 Å². The van der Waals surface area contributed by atoms with Crippen molar-refractivity contribution in [3.8, 4) is 0 Å². The van der Waals surface area contributed by atoms with Crippen molar-refractivity contribution in [3.05, 3.63) is 11.6 Å². The molecule has 0 radical (unpaired) electrons. The summed E-state index contributed by atoms with van der Waals surface area (Å²) >= 11 is 5.14. The summed E-state index contributed by atoms with van der Waals surface area (Å²) in [7, 11) is 0. The molecule has 0 aliphatic carbocycles. The lowest BCUT2D eigenvalue weighted by atomic mass is 10.3. The van der Waals surface area contributed by atoms with E-state index in [-0.39, 0.29) is 0 Å². The second kappa shape index (κ2) is 5.70. The molecule has 0 fully saturated rings. The van der Waals surface area contributed by atoms with Crippen molar-refractivity contribution in [1.82, 2.24) is 0 Å². The third-order valence-corrected chi connectivity index (χ3v) is 0.718. The molecule has 0 aliphatic heterocycles. The number of allylic oxidation sites excluding steroid dienone is 1. The van der Waals surface area contributed by atoms with Gasteiger partial charge in [-0.15, -0.1) is 0 Å². The maximum atomic E-state index is 9.60. The molecule has 0 saturated heterocycles. The third kappa shape index (κ3) is 5.70. The highest BCUT2D eigenvalue weighted by atomic mass is 35.5. The SMILES string of the molecule is O=CCCC=CCl. The van der Waals surface area contributed by atoms with Crippen molar-refractivity contribution in [3.63, 3.8) is 0 Å². The minimum atomic E-state index is 0.573. The Morgan fingerprint density at radius 1 is 1.43 bits per heavy atom. The van der Waals surface area contributed by atoms with Gasteiger partial charge in [-0.2, -0.15) is 0 Å². The van der Waals surface area contributed by atoms with Crippen LogP contribution in [-0.2, 0) is 4.79 Å². The van der Waals surface area contributed by atoms with Gasteiger partial charge >= 0.3 is 0 Å². The van der Waals surface area contributed by atoms with Crippen LogP contribution in [0.2, 0.25) is 0 Å². The number of carbonyl (C=O) groups is 1. The standard InChI is InChI=1S/C5H7ClO/c6-4-2-1-3-5-7/h2,4-5H,1,3H2. The fourth-order valence-electron chi connectivity index (χ4n) is 0.227. The quantitative estimate of drug-likeness (QED) is 0.407. The average molecular weight is 119 g/mol. The predicted molar refractivity (Wildman–Crippen MR) is 30.3 cm³/mol. The van der Waals surface area contributed by atoms with Crippen molar-refractivity contribution in [2.75, 3.05) is 0 Å². The van der Waals surface area contributed by atoms with E-state index >= 15 is 0 Å². The fourth-order valence-corrected chi connectivity index (χ4v) is 0.353. The predicted octanol–water partition coefficient (Wildman–Crippen LogP) is 1.72. The van der Waals surface area contributed by atoms with Crippen LogP contribution in [0.15, 0.2) is 11.6 Å². The van der Waals surface area contributed by atoms with Gasteiger partial charge in [-0.05, 0) is 6.42 Å². The van der Waals surface area contributed by atoms with E-state index in [4.69, 9.17) is 11.6 Å². The van der Waals surface area contributed by atoms with Crippen LogP contribution >= 0.6 is 11.6 Å². The summed E-state index contributed by atoms with van der Waals surface area (Å²) in [6.45, 7) is 0. The molecule has 0 N–H and O–H groups in total. The summed E-state index contributed by atoms with van der Waals surface area (Å²) < 4.78 is 0. The molecule has 0 saturated carbocycles. The van der Waals surface area contributed by atoms with Crippen LogP contribution in [0.1, 0.15) is 12.8 Å². The van der Waals surface area contributed by atoms with Crippen molar-refractivity contribution in [2.45, 2.75) is 12.8 Å². The zero-order valence-electron chi connectivity index (χ0n) is 3.93. The van der Waals surface area contributed by atoms with Crippen LogP contribution < -0.4 is 0 Å². The molecule has 0 unspecified atom stereocenters. The summed E-state index contributed by atoms with van der Waals surface area (Å²) in [5, 5.41) is 0. The van der Waals surface area contributed by atoms with E-state index in [2.05, 4.69) is 0 Å². The Labute approximate surface area is 48.0 Å². The molecule has 7 heavy (non-hydrogen) atoms. The minimum absolute atomic E-state index is 0.573. The Kier molecular flexibility index (Phi) is 5.46. The molecule has 0 aromatic rings. The van der Waals surface area contributed by atoms with Crippen molar-refractivity contribution < 1.29 is 4.79 Å². The molecular formula is C5H7ClO. The Morgan fingerprint density at radius 3 is 2.57 bits per heavy atom. The molecule has 0 heterocycles. The number of hydrogen-bond donors (Lipinski definition) is 0. The van der Waals surface area contributed by atoms with E-state index in [0.717, 1.165) is 12.7 Å². The third-order valence-electron chi connectivity index (χ3n) is 0.540. The molecule has 0 aromatic carbocycles. The summed E-state index contributed by atoms with van der Waals surface area (Å²) in [5.74, 6) is 0. The Bertz CT molecular complexity index is 68.5. The van der Waals surface area contributed by atoms with Crippen LogP contribution in [0.3, 0.4) is 0 Å². The monoisotopic (exact) mass is 118 g/mol. The Morgan fingerprint density at radius 2 is 2.14 bits per heavy atom. The molecule has 0 aromatic heterocycles. The second-order valence-corrected chi connectivity index (χ2v) is 1.36. The van der Waals surface area contributed by atoms with E-state index in [9.17, 15) is 4.79 Å². The summed E-state index contributed by atoms with van der Waals surface area (Å²) in [6.07, 6.45) is 3.95. The molecule has 2 heteroatoms. The van der Waals surface area contributed by atoms with Crippen LogP contribution in [-0.4, -0.2) is 6.29 Å². The van der Waals surface area contributed by atoms with E-state index in [1.807, 2.05) is 0 Å². The fraction of sp³-hybridized carbons (Fsp3) is 0.400. The number of carbonyl (C=O) groups excluding carboxylic acids is 1. The zero-order valence-corrected chi connectivity index (χ0v) is 4.69. The molecule has 40 valence electrons. The molecule has 0 spiro atoms. The molecule has 0 amide bonds. The first-order valence-corrected chi connectivity index (χ1v) is 2.54. The minimum Gasteiger partial charge on any atom is -0.303 e. The van der Waals surface area contributed by atoms with Gasteiger partial charge in [0, 0.05) is 12.0 Å². The maximum absolute atomic E-state index is 9.60. The van der Waals surface area contributed by atoms with Crippen LogP contribution in [0, 0.1) is 0 Å². The number of hydrogen-bond acceptors (Lipinski definition) is 1. The van der Waals surface area contributed by atoms with Gasteiger partial charge in [0.05, 0.1) is 0 Å². The number of halogens is 1. The normalized spacial score (nSPS) is 9.86. The highest BCUT2D eigenvalue weighted by Gasteiger charge is 1.73. The molecule has 0 rings (SSSR count). The molecule has 1 nitrogen and oxygen atoms in total. The lowest BCUT2D eigenvalue weighted by Gasteiger charge is -1.75. The van der Waals surface area contributed by atoms with E-state index < -0.39 is 0 Å². The molecular weight excluding hydrogens is 112 g/mol. The molecule has 0 atom stereocenters. The lowest BCUT2D eigenvalue weighted by Crippen LogP contribution is -1.67. The maximum Gasteiger partial charge on any atom is 0.120 e. The number of aldehydes is 1. The van der Waals surface area contributed by atoms with Crippen molar-refractivity contribution >= 4 is 17.9 Å². The van der Waals surface area contributed by atoms with Gasteiger partial charge in [0.15, 0.2) is 0 Å². The van der Waals surface area contributed by atoms with Gasteiger partial charge < -0.3 is 4.79 Å². The Balaban J connectivity index is 2.82. The van der Waals surface area contributed by atoms with Crippen molar-refractivity contribution in [1.29, 1.82) is 0 Å². The summed E-state index contributed by atoms with van der Waals surface area (Å²) in [4.78, 5) is 9.60. The average Bonchev–Trinajstić information content (AvgIpc) is 1.69. The van der Waals surface area contributed by atoms with Gasteiger partial charge in [0.25, 0.3) is 0 Å². The van der Waals surface area contributed by atoms with Gasteiger partial charge in [-0.25, -0.2) is 0 Å². The highest BCUT2D eigenvalue weighted by molar-refractivity contribution is 6.25. The van der Waals surface area contributed by atoms with Gasteiger partial charge in [-0.3, -0.25) is 0 Å². The molecule has 0 aliphatic rings. The van der Waals surface area contributed by atoms with E-state index in [1.54, 1.807) is 6.08 Å². The van der Waals surface area contributed by atoms with Crippen LogP contribution in [0.25, 0.3) is 0 Å². The van der Waals surface area contributed by atoms with Crippen LogP contribution in [0.5, 0.6) is 0 Å². The first-order valence-electron chi connectivity index (χ1n) is 2.10. The van der Waals surface area contributed by atoms with Gasteiger partial charge in [0.1, 0.15) is 6.29 Å². The van der Waals surface area contributed by atoms with Gasteiger partial charge in [0.2, 0.25) is 0 Å². The number of rotatable bonds is 3. The van der Waals surface area contributed by atoms with Gasteiger partial charge in [-0.1, -0.05) is 17.7 Å². The smallest absolute Gasteiger partial charge is 0.120 e. The highest BCUT2D eigenvalue weighted by Crippen LogP contribution is 1.87. The first kappa shape index (κ1) is 6.70. The molecule has 0 bridgehead atoms. The zero-order chi connectivity index (χ0) is 5.54.